The monoisotopic (exact) mass is 212 g/mol. The van der Waals surface area contributed by atoms with Crippen molar-refractivity contribution in [2.45, 2.75) is 37.8 Å². The second-order valence-corrected chi connectivity index (χ2v) is 3.89. The minimum absolute atomic E-state index is 0.0418. The van der Waals surface area contributed by atoms with Crippen LogP contribution >= 0.6 is 0 Å². The van der Waals surface area contributed by atoms with Crippen molar-refractivity contribution >= 4 is 5.91 Å². The van der Waals surface area contributed by atoms with Gasteiger partial charge in [-0.3, -0.25) is 4.79 Å². The van der Waals surface area contributed by atoms with E-state index in [0.29, 0.717) is 13.0 Å². The highest BCUT2D eigenvalue weighted by molar-refractivity contribution is 5.81. The van der Waals surface area contributed by atoms with E-state index in [-0.39, 0.29) is 11.9 Å². The molecule has 0 spiro atoms. The van der Waals surface area contributed by atoms with Crippen molar-refractivity contribution in [2.75, 3.05) is 13.7 Å². The van der Waals surface area contributed by atoms with Gasteiger partial charge < -0.3 is 15.8 Å². The first-order valence-electron chi connectivity index (χ1n) is 5.44. The molecule has 0 aliphatic heterocycles. The molecule has 3 N–H and O–H groups in total. The van der Waals surface area contributed by atoms with Crippen LogP contribution in [0.4, 0.5) is 0 Å². The van der Waals surface area contributed by atoms with Crippen LogP contribution in [-0.4, -0.2) is 31.7 Å². The summed E-state index contributed by atoms with van der Waals surface area (Å²) in [4.78, 5) is 11.6. The van der Waals surface area contributed by atoms with Crippen LogP contribution in [0.5, 0.6) is 0 Å². The van der Waals surface area contributed by atoms with E-state index in [1.54, 1.807) is 7.11 Å². The molecular weight excluding hydrogens is 192 g/mol. The topological polar surface area (TPSA) is 64.3 Å². The SMILES string of the molecule is COCCCC(N)C(=O)NC1CC=CC1. The molecule has 1 atom stereocenters. The van der Waals surface area contributed by atoms with E-state index in [2.05, 4.69) is 17.5 Å². The summed E-state index contributed by atoms with van der Waals surface area (Å²) in [6, 6.07) is -0.147. The van der Waals surface area contributed by atoms with Gasteiger partial charge in [0.15, 0.2) is 0 Å². The Morgan fingerprint density at radius 2 is 2.27 bits per heavy atom. The first-order chi connectivity index (χ1) is 7.24. The third kappa shape index (κ3) is 4.44. The zero-order valence-corrected chi connectivity index (χ0v) is 9.24. The summed E-state index contributed by atoms with van der Waals surface area (Å²) in [7, 11) is 1.65. The van der Waals surface area contributed by atoms with Crippen molar-refractivity contribution < 1.29 is 9.53 Å². The molecule has 0 saturated carbocycles. The summed E-state index contributed by atoms with van der Waals surface area (Å²) in [5.74, 6) is -0.0418. The maximum absolute atomic E-state index is 11.6. The van der Waals surface area contributed by atoms with Crippen molar-refractivity contribution in [1.82, 2.24) is 5.32 Å². The maximum atomic E-state index is 11.6. The quantitative estimate of drug-likeness (QED) is 0.500. The van der Waals surface area contributed by atoms with Crippen LogP contribution in [0.3, 0.4) is 0 Å². The fourth-order valence-corrected chi connectivity index (χ4v) is 1.62. The van der Waals surface area contributed by atoms with E-state index in [4.69, 9.17) is 10.5 Å². The molecule has 15 heavy (non-hydrogen) atoms. The highest BCUT2D eigenvalue weighted by Crippen LogP contribution is 2.09. The molecule has 0 radical (unpaired) electrons. The third-order valence-electron chi connectivity index (χ3n) is 2.55. The van der Waals surface area contributed by atoms with Gasteiger partial charge in [-0.25, -0.2) is 0 Å². The van der Waals surface area contributed by atoms with E-state index in [1.165, 1.54) is 0 Å². The Bertz CT molecular complexity index is 221. The lowest BCUT2D eigenvalue weighted by Gasteiger charge is -2.16. The average molecular weight is 212 g/mol. The molecule has 0 aromatic carbocycles. The molecule has 1 rings (SSSR count). The lowest BCUT2D eigenvalue weighted by atomic mass is 10.1. The summed E-state index contributed by atoms with van der Waals surface area (Å²) in [5, 5.41) is 2.94. The van der Waals surface area contributed by atoms with Gasteiger partial charge in [-0.15, -0.1) is 0 Å². The Kier molecular flexibility index (Phi) is 5.36. The van der Waals surface area contributed by atoms with Gasteiger partial charge in [-0.05, 0) is 25.7 Å². The van der Waals surface area contributed by atoms with Crippen LogP contribution in [0.25, 0.3) is 0 Å². The molecule has 0 aromatic heterocycles. The Morgan fingerprint density at radius 1 is 1.60 bits per heavy atom. The van der Waals surface area contributed by atoms with E-state index >= 15 is 0 Å². The fourth-order valence-electron chi connectivity index (χ4n) is 1.62. The molecule has 1 unspecified atom stereocenters. The van der Waals surface area contributed by atoms with Gasteiger partial charge >= 0.3 is 0 Å². The van der Waals surface area contributed by atoms with E-state index in [9.17, 15) is 4.79 Å². The molecule has 0 saturated heterocycles. The summed E-state index contributed by atoms with van der Waals surface area (Å²) in [5.41, 5.74) is 5.75. The molecule has 1 aliphatic rings. The van der Waals surface area contributed by atoms with Gasteiger partial charge in [0.1, 0.15) is 0 Å². The Labute approximate surface area is 90.9 Å². The van der Waals surface area contributed by atoms with Gasteiger partial charge in [0, 0.05) is 19.8 Å². The van der Waals surface area contributed by atoms with Crippen molar-refractivity contribution in [2.24, 2.45) is 5.73 Å². The molecule has 0 fully saturated rings. The fraction of sp³-hybridized carbons (Fsp3) is 0.727. The predicted octanol–water partition coefficient (Wildman–Crippen LogP) is 0.575. The average Bonchev–Trinajstić information content (AvgIpc) is 2.70. The van der Waals surface area contributed by atoms with Crippen LogP contribution < -0.4 is 11.1 Å². The minimum Gasteiger partial charge on any atom is -0.385 e. The Hall–Kier alpha value is -0.870. The standard InChI is InChI=1S/C11H20N2O2/c1-15-8-4-7-10(12)11(14)13-9-5-2-3-6-9/h2-3,9-10H,4-8,12H2,1H3,(H,13,14). The highest BCUT2D eigenvalue weighted by atomic mass is 16.5. The number of amides is 1. The summed E-state index contributed by atoms with van der Waals surface area (Å²) < 4.78 is 4.91. The zero-order chi connectivity index (χ0) is 11.1. The number of nitrogens with two attached hydrogens (primary N) is 1. The predicted molar refractivity (Wildman–Crippen MR) is 59.4 cm³/mol. The molecular formula is C11H20N2O2. The number of carbonyl (C=O) groups is 1. The largest absolute Gasteiger partial charge is 0.385 e. The second-order valence-electron chi connectivity index (χ2n) is 3.89. The first-order valence-corrected chi connectivity index (χ1v) is 5.44. The Balaban J connectivity index is 2.14. The van der Waals surface area contributed by atoms with Crippen LogP contribution in [0, 0.1) is 0 Å². The van der Waals surface area contributed by atoms with Crippen LogP contribution in [0.1, 0.15) is 25.7 Å². The van der Waals surface area contributed by atoms with Gasteiger partial charge in [0.05, 0.1) is 6.04 Å². The number of ether oxygens (including phenoxy) is 1. The van der Waals surface area contributed by atoms with Crippen molar-refractivity contribution in [3.8, 4) is 0 Å². The smallest absolute Gasteiger partial charge is 0.237 e. The molecule has 4 heteroatoms. The van der Waals surface area contributed by atoms with Crippen LogP contribution in [0.2, 0.25) is 0 Å². The second kappa shape index (κ2) is 6.58. The van der Waals surface area contributed by atoms with E-state index in [0.717, 1.165) is 19.3 Å². The number of nitrogens with one attached hydrogen (secondary N) is 1. The number of rotatable bonds is 6. The normalized spacial score (nSPS) is 18.0. The van der Waals surface area contributed by atoms with Gasteiger partial charge in [0.25, 0.3) is 0 Å². The first kappa shape index (κ1) is 12.2. The lowest BCUT2D eigenvalue weighted by molar-refractivity contribution is -0.123. The van der Waals surface area contributed by atoms with Gasteiger partial charge in [-0.2, -0.15) is 0 Å². The zero-order valence-electron chi connectivity index (χ0n) is 9.24. The van der Waals surface area contributed by atoms with E-state index in [1.807, 2.05) is 0 Å². The number of hydrogen-bond donors (Lipinski definition) is 2. The number of methoxy groups -OCH3 is 1. The third-order valence-corrected chi connectivity index (χ3v) is 2.55. The molecule has 1 aliphatic carbocycles. The molecule has 0 aromatic rings. The summed E-state index contributed by atoms with van der Waals surface area (Å²) in [6.45, 7) is 0.659. The van der Waals surface area contributed by atoms with Gasteiger partial charge in [-0.1, -0.05) is 12.2 Å². The molecule has 1 amide bonds. The lowest BCUT2D eigenvalue weighted by Crippen LogP contribution is -2.44. The Morgan fingerprint density at radius 3 is 2.87 bits per heavy atom. The summed E-state index contributed by atoms with van der Waals surface area (Å²) in [6.07, 6.45) is 7.53. The van der Waals surface area contributed by atoms with Crippen molar-refractivity contribution in [1.29, 1.82) is 0 Å². The maximum Gasteiger partial charge on any atom is 0.237 e. The van der Waals surface area contributed by atoms with Crippen LogP contribution in [-0.2, 0) is 9.53 Å². The number of hydrogen-bond acceptors (Lipinski definition) is 3. The van der Waals surface area contributed by atoms with Gasteiger partial charge in [0.2, 0.25) is 5.91 Å². The molecule has 4 nitrogen and oxygen atoms in total. The number of carbonyl (C=O) groups excluding carboxylic acids is 1. The molecule has 86 valence electrons. The van der Waals surface area contributed by atoms with Crippen molar-refractivity contribution in [3.63, 3.8) is 0 Å². The van der Waals surface area contributed by atoms with Crippen LogP contribution in [0.15, 0.2) is 12.2 Å². The summed E-state index contributed by atoms with van der Waals surface area (Å²) >= 11 is 0. The molecule has 0 bridgehead atoms. The highest BCUT2D eigenvalue weighted by Gasteiger charge is 2.17. The van der Waals surface area contributed by atoms with Crippen molar-refractivity contribution in [3.05, 3.63) is 12.2 Å². The molecule has 0 heterocycles. The minimum atomic E-state index is -0.402. The van der Waals surface area contributed by atoms with E-state index < -0.39 is 6.04 Å².